The molecule has 0 spiro atoms. The van der Waals surface area contributed by atoms with Crippen molar-refractivity contribution in [2.24, 2.45) is 18.9 Å². The molecule has 240 valence electrons. The van der Waals surface area contributed by atoms with Crippen molar-refractivity contribution in [1.29, 1.82) is 0 Å². The van der Waals surface area contributed by atoms with Gasteiger partial charge in [0.25, 0.3) is 5.95 Å². The second kappa shape index (κ2) is 13.3. The number of tetrazole rings is 1. The first-order chi connectivity index (χ1) is 20.6. The summed E-state index contributed by atoms with van der Waals surface area (Å²) in [7, 11) is 1.52. The number of carboxylic acid groups (broad SMARTS) is 1. The quantitative estimate of drug-likeness (QED) is 0.245. The molecule has 1 saturated carbocycles. The first-order valence-corrected chi connectivity index (χ1v) is 14.1. The normalized spacial score (nSPS) is 17.4. The number of halogens is 6. The maximum Gasteiger partial charge on any atom is 0.573 e. The molecular formula is C29H34F6N6O3. The van der Waals surface area contributed by atoms with Gasteiger partial charge in [0.1, 0.15) is 5.75 Å². The highest BCUT2D eigenvalue weighted by Gasteiger charge is 2.33. The van der Waals surface area contributed by atoms with Crippen LogP contribution in [0.15, 0.2) is 36.4 Å². The van der Waals surface area contributed by atoms with Crippen molar-refractivity contribution in [3.8, 4) is 5.75 Å². The first kappa shape index (κ1) is 32.9. The maximum atomic E-state index is 13.6. The number of aromatic nitrogens is 4. The third kappa shape index (κ3) is 8.76. The Hall–Kier alpha value is -4.04. The maximum absolute atomic E-state index is 13.6. The minimum atomic E-state index is -4.94. The molecule has 4 rings (SSSR count). The van der Waals surface area contributed by atoms with Crippen LogP contribution >= 0.6 is 0 Å². The Kier molecular flexibility index (Phi) is 9.94. The monoisotopic (exact) mass is 628 g/mol. The molecule has 1 aromatic heterocycles. The number of hydrogen-bond acceptors (Lipinski definition) is 7. The molecular weight excluding hydrogens is 594 g/mol. The van der Waals surface area contributed by atoms with Crippen LogP contribution in [0.2, 0.25) is 0 Å². The van der Waals surface area contributed by atoms with E-state index >= 15 is 0 Å². The highest BCUT2D eigenvalue weighted by atomic mass is 19.4. The van der Waals surface area contributed by atoms with Gasteiger partial charge < -0.3 is 19.6 Å². The average Bonchev–Trinajstić information content (AvgIpc) is 3.36. The molecule has 44 heavy (non-hydrogen) atoms. The van der Waals surface area contributed by atoms with Gasteiger partial charge in [-0.25, -0.2) is 0 Å². The zero-order chi connectivity index (χ0) is 32.2. The van der Waals surface area contributed by atoms with Crippen molar-refractivity contribution in [2.45, 2.75) is 65.2 Å². The number of aliphatic carboxylic acids is 1. The molecule has 0 saturated heterocycles. The van der Waals surface area contributed by atoms with Crippen molar-refractivity contribution >= 4 is 17.6 Å². The minimum Gasteiger partial charge on any atom is -0.481 e. The number of rotatable bonds is 11. The molecule has 0 bridgehead atoms. The first-order valence-electron chi connectivity index (χ1n) is 14.1. The number of aryl methyl sites for hydroxylation is 2. The molecule has 15 heteroatoms. The van der Waals surface area contributed by atoms with Gasteiger partial charge in [-0.2, -0.15) is 18.0 Å². The summed E-state index contributed by atoms with van der Waals surface area (Å²) in [6.45, 7) is 4.33. The predicted octanol–water partition coefficient (Wildman–Crippen LogP) is 6.36. The van der Waals surface area contributed by atoms with E-state index < -0.39 is 29.8 Å². The van der Waals surface area contributed by atoms with Crippen LogP contribution in [0, 0.1) is 18.8 Å². The summed E-state index contributed by atoms with van der Waals surface area (Å²) < 4.78 is 84.5. The molecule has 0 amide bonds. The van der Waals surface area contributed by atoms with Crippen LogP contribution in [0.4, 0.5) is 38.0 Å². The fourth-order valence-electron chi connectivity index (χ4n) is 5.64. The Morgan fingerprint density at radius 3 is 2.30 bits per heavy atom. The van der Waals surface area contributed by atoms with E-state index in [4.69, 9.17) is 0 Å². The van der Waals surface area contributed by atoms with E-state index in [9.17, 15) is 36.2 Å². The van der Waals surface area contributed by atoms with Gasteiger partial charge in [0, 0.05) is 31.9 Å². The molecule has 1 aliphatic rings. The van der Waals surface area contributed by atoms with Gasteiger partial charge in [0.2, 0.25) is 0 Å². The number of carbonyl (C=O) groups is 1. The molecule has 1 aliphatic carbocycles. The third-order valence-electron chi connectivity index (χ3n) is 7.66. The fourth-order valence-corrected chi connectivity index (χ4v) is 5.64. The average molecular weight is 629 g/mol. The van der Waals surface area contributed by atoms with E-state index in [1.807, 2.05) is 11.8 Å². The number of hydrogen-bond donors (Lipinski definition) is 1. The standard InChI is InChI=1S/C29H34F6N6O3/c1-4-40(15-19-5-7-21(8-6-19)26(42)43)25-10-9-24(44-29(33,34)35)14-22(25)17-41(27-36-38-39(3)37-27)16-20-11-18(2)12-23(13-20)28(30,31)32/h9-14,19,21H,4-8,15-17H2,1-3H3,(H,42,43)/t19-,21-. The molecule has 0 unspecified atom stereocenters. The Morgan fingerprint density at radius 1 is 1.02 bits per heavy atom. The Balaban J connectivity index is 1.69. The molecule has 0 atom stereocenters. The van der Waals surface area contributed by atoms with Gasteiger partial charge in [-0.3, -0.25) is 4.79 Å². The lowest BCUT2D eigenvalue weighted by Crippen LogP contribution is -2.34. The molecule has 0 aliphatic heterocycles. The van der Waals surface area contributed by atoms with Gasteiger partial charge in [0.15, 0.2) is 0 Å². The molecule has 2 aromatic carbocycles. The van der Waals surface area contributed by atoms with Gasteiger partial charge in [-0.05, 0) is 92.1 Å². The summed E-state index contributed by atoms with van der Waals surface area (Å²) in [6, 6.07) is 7.65. The van der Waals surface area contributed by atoms with Crippen molar-refractivity contribution in [3.05, 3.63) is 58.7 Å². The number of alkyl halides is 6. The van der Waals surface area contributed by atoms with Crippen LogP contribution in [-0.2, 0) is 31.1 Å². The van der Waals surface area contributed by atoms with Crippen molar-refractivity contribution in [3.63, 3.8) is 0 Å². The number of carboxylic acids is 1. The molecule has 1 N–H and O–H groups in total. The van der Waals surface area contributed by atoms with E-state index in [1.54, 1.807) is 17.9 Å². The van der Waals surface area contributed by atoms with Crippen molar-refractivity contribution < 1.29 is 41.0 Å². The molecule has 0 radical (unpaired) electrons. The molecule has 1 heterocycles. The number of anilines is 2. The number of ether oxygens (including phenoxy) is 1. The minimum absolute atomic E-state index is 0.0747. The Labute approximate surface area is 250 Å². The van der Waals surface area contributed by atoms with Crippen molar-refractivity contribution in [2.75, 3.05) is 22.9 Å². The van der Waals surface area contributed by atoms with Gasteiger partial charge >= 0.3 is 18.5 Å². The largest absolute Gasteiger partial charge is 0.573 e. The summed E-state index contributed by atoms with van der Waals surface area (Å²) in [4.78, 5) is 16.1. The number of nitrogens with zero attached hydrogens (tertiary/aromatic N) is 6. The lowest BCUT2D eigenvalue weighted by Gasteiger charge is -2.34. The van der Waals surface area contributed by atoms with Gasteiger partial charge in [-0.1, -0.05) is 16.7 Å². The Bertz CT molecular complexity index is 1440. The van der Waals surface area contributed by atoms with E-state index in [-0.39, 0.29) is 30.9 Å². The lowest BCUT2D eigenvalue weighted by atomic mass is 9.81. The zero-order valence-corrected chi connectivity index (χ0v) is 24.5. The fraction of sp³-hybridized carbons (Fsp3) is 0.517. The summed E-state index contributed by atoms with van der Waals surface area (Å²) >= 11 is 0. The summed E-state index contributed by atoms with van der Waals surface area (Å²) in [5.41, 5.74) is 0.880. The topological polar surface area (TPSA) is 96.6 Å². The Morgan fingerprint density at radius 2 is 1.73 bits per heavy atom. The van der Waals surface area contributed by atoms with E-state index in [1.165, 1.54) is 30.0 Å². The van der Waals surface area contributed by atoms with Crippen LogP contribution < -0.4 is 14.5 Å². The van der Waals surface area contributed by atoms with Crippen LogP contribution in [-0.4, -0.2) is 50.7 Å². The van der Waals surface area contributed by atoms with Crippen LogP contribution in [0.3, 0.4) is 0 Å². The second-order valence-electron chi connectivity index (χ2n) is 11.1. The predicted molar refractivity (Wildman–Crippen MR) is 149 cm³/mol. The second-order valence-corrected chi connectivity index (χ2v) is 11.1. The SMILES string of the molecule is CCN(C[C@H]1CC[C@H](C(=O)O)CC1)c1ccc(OC(F)(F)F)cc1CN(Cc1cc(C)cc(C(F)(F)F)c1)c1nnn(C)n1. The summed E-state index contributed by atoms with van der Waals surface area (Å²) in [6.07, 6.45) is -7.02. The smallest absolute Gasteiger partial charge is 0.481 e. The molecule has 1 fully saturated rings. The van der Waals surface area contributed by atoms with Crippen molar-refractivity contribution in [1.82, 2.24) is 20.2 Å². The molecule has 3 aromatic rings. The zero-order valence-electron chi connectivity index (χ0n) is 24.5. The highest BCUT2D eigenvalue weighted by molar-refractivity contribution is 5.70. The van der Waals surface area contributed by atoms with Crippen LogP contribution in [0.5, 0.6) is 5.75 Å². The molecule has 9 nitrogen and oxygen atoms in total. The third-order valence-corrected chi connectivity index (χ3v) is 7.66. The van der Waals surface area contributed by atoms with E-state index in [0.717, 1.165) is 12.1 Å². The van der Waals surface area contributed by atoms with Gasteiger partial charge in [0.05, 0.1) is 18.5 Å². The summed E-state index contributed by atoms with van der Waals surface area (Å²) in [5.74, 6) is -1.40. The number of benzene rings is 2. The van der Waals surface area contributed by atoms with Crippen LogP contribution in [0.25, 0.3) is 0 Å². The van der Waals surface area contributed by atoms with E-state index in [0.29, 0.717) is 61.2 Å². The van der Waals surface area contributed by atoms with Gasteiger partial charge in [-0.15, -0.1) is 18.3 Å². The lowest BCUT2D eigenvalue weighted by molar-refractivity contribution is -0.274. The van der Waals surface area contributed by atoms with E-state index in [2.05, 4.69) is 20.1 Å². The summed E-state index contributed by atoms with van der Waals surface area (Å²) in [5, 5.41) is 21.4. The van der Waals surface area contributed by atoms with Crippen LogP contribution in [0.1, 0.15) is 54.9 Å². The highest BCUT2D eigenvalue weighted by Crippen LogP contribution is 2.35.